The largest absolute Gasteiger partial charge is 0.508 e. The van der Waals surface area contributed by atoms with Crippen molar-refractivity contribution in [2.24, 2.45) is 0 Å². The van der Waals surface area contributed by atoms with E-state index in [4.69, 9.17) is 5.11 Å². The van der Waals surface area contributed by atoms with Gasteiger partial charge >= 0.3 is 0 Å². The summed E-state index contributed by atoms with van der Waals surface area (Å²) in [7, 11) is 0. The molecule has 1 rings (SSSR count). The fourth-order valence-corrected chi connectivity index (χ4v) is 1.77. The predicted molar refractivity (Wildman–Crippen MR) is 72.4 cm³/mol. The molecule has 0 aliphatic carbocycles. The van der Waals surface area contributed by atoms with Gasteiger partial charge in [-0.3, -0.25) is 4.79 Å². The number of carbonyl (C=O) groups excluding carboxylic acids is 1. The molecule has 0 radical (unpaired) electrons. The van der Waals surface area contributed by atoms with Crippen LogP contribution in [-0.2, 0) is 4.79 Å². The first-order valence-electron chi connectivity index (χ1n) is 6.41. The summed E-state index contributed by atoms with van der Waals surface area (Å²) in [6.07, 6.45) is 0.349. The molecule has 0 bridgehead atoms. The van der Waals surface area contributed by atoms with Gasteiger partial charge in [0.15, 0.2) is 0 Å². The van der Waals surface area contributed by atoms with Gasteiger partial charge in [0.25, 0.3) is 0 Å². The summed E-state index contributed by atoms with van der Waals surface area (Å²) in [5.74, 6) is -0.572. The van der Waals surface area contributed by atoms with E-state index in [1.54, 1.807) is 0 Å². The number of phenolic OH excluding ortho intramolecular Hbond substituents is 1. The topological polar surface area (TPSA) is 61.4 Å². The van der Waals surface area contributed by atoms with Crippen molar-refractivity contribution >= 4 is 5.91 Å². The van der Waals surface area contributed by atoms with Crippen LogP contribution >= 0.6 is 0 Å². The number of carbonyl (C=O) groups is 1. The van der Waals surface area contributed by atoms with Crippen LogP contribution in [0.1, 0.15) is 38.8 Å². The average Bonchev–Trinajstić information content (AvgIpc) is 2.27. The van der Waals surface area contributed by atoms with E-state index in [9.17, 15) is 9.18 Å². The molecule has 0 saturated heterocycles. The van der Waals surface area contributed by atoms with Crippen LogP contribution in [0.3, 0.4) is 0 Å². The van der Waals surface area contributed by atoms with Gasteiger partial charge in [-0.1, -0.05) is 6.07 Å². The van der Waals surface area contributed by atoms with Gasteiger partial charge in [0, 0.05) is 36.7 Å². The van der Waals surface area contributed by atoms with Crippen LogP contribution in [0.15, 0.2) is 18.2 Å². The van der Waals surface area contributed by atoms with Gasteiger partial charge < -0.3 is 15.7 Å². The molecule has 5 heteroatoms. The zero-order valence-electron chi connectivity index (χ0n) is 11.5. The molecule has 0 spiro atoms. The molecular weight excluding hydrogens is 247 g/mol. The molecule has 19 heavy (non-hydrogen) atoms. The number of amides is 1. The SMILES string of the molecule is CC(C)NC(=O)CCNC(C)c1ccc(O)cc1F. The Morgan fingerprint density at radius 2 is 2.05 bits per heavy atom. The molecule has 0 fully saturated rings. The summed E-state index contributed by atoms with van der Waals surface area (Å²) in [5.41, 5.74) is 0.474. The first kappa shape index (κ1) is 15.4. The van der Waals surface area contributed by atoms with Crippen molar-refractivity contribution in [3.05, 3.63) is 29.6 Å². The van der Waals surface area contributed by atoms with Crippen LogP contribution in [0, 0.1) is 5.82 Å². The van der Waals surface area contributed by atoms with Crippen molar-refractivity contribution < 1.29 is 14.3 Å². The average molecular weight is 268 g/mol. The van der Waals surface area contributed by atoms with E-state index in [2.05, 4.69) is 10.6 Å². The second-order valence-corrected chi connectivity index (χ2v) is 4.85. The third kappa shape index (κ3) is 5.26. The lowest BCUT2D eigenvalue weighted by atomic mass is 10.1. The minimum absolute atomic E-state index is 0.0270. The molecule has 1 atom stereocenters. The van der Waals surface area contributed by atoms with E-state index in [0.29, 0.717) is 18.5 Å². The van der Waals surface area contributed by atoms with Crippen LogP contribution in [0.4, 0.5) is 4.39 Å². The number of hydrogen-bond donors (Lipinski definition) is 3. The lowest BCUT2D eigenvalue weighted by Crippen LogP contribution is -2.33. The molecule has 4 nitrogen and oxygen atoms in total. The van der Waals surface area contributed by atoms with E-state index in [1.807, 2.05) is 20.8 Å². The summed E-state index contributed by atoms with van der Waals surface area (Å²) >= 11 is 0. The number of benzene rings is 1. The standard InChI is InChI=1S/C14H21FN2O2/c1-9(2)17-14(19)6-7-16-10(3)12-5-4-11(18)8-13(12)15/h4-5,8-10,16,18H,6-7H2,1-3H3,(H,17,19). The second-order valence-electron chi connectivity index (χ2n) is 4.85. The molecule has 1 unspecified atom stereocenters. The molecule has 1 aromatic carbocycles. The van der Waals surface area contributed by atoms with Crippen molar-refractivity contribution in [1.29, 1.82) is 0 Å². The first-order valence-corrected chi connectivity index (χ1v) is 6.41. The quantitative estimate of drug-likeness (QED) is 0.740. The summed E-state index contributed by atoms with van der Waals surface area (Å²) in [4.78, 5) is 11.4. The van der Waals surface area contributed by atoms with E-state index < -0.39 is 5.82 Å². The Morgan fingerprint density at radius 3 is 2.63 bits per heavy atom. The highest BCUT2D eigenvalue weighted by Gasteiger charge is 2.11. The highest BCUT2D eigenvalue weighted by Crippen LogP contribution is 2.20. The molecule has 0 heterocycles. The fourth-order valence-electron chi connectivity index (χ4n) is 1.77. The number of aromatic hydroxyl groups is 1. The Balaban J connectivity index is 2.43. The maximum atomic E-state index is 13.6. The Labute approximate surface area is 113 Å². The van der Waals surface area contributed by atoms with Crippen LogP contribution in [0.25, 0.3) is 0 Å². The van der Waals surface area contributed by atoms with Crippen molar-refractivity contribution in [1.82, 2.24) is 10.6 Å². The molecular formula is C14H21FN2O2. The van der Waals surface area contributed by atoms with E-state index in [1.165, 1.54) is 12.1 Å². The van der Waals surface area contributed by atoms with Crippen molar-refractivity contribution in [2.45, 2.75) is 39.3 Å². The normalized spacial score (nSPS) is 12.5. The van der Waals surface area contributed by atoms with Gasteiger partial charge in [0.1, 0.15) is 11.6 Å². The Hall–Kier alpha value is -1.62. The molecule has 1 amide bonds. The van der Waals surface area contributed by atoms with Gasteiger partial charge in [-0.15, -0.1) is 0 Å². The molecule has 0 saturated carbocycles. The molecule has 1 aromatic rings. The summed E-state index contributed by atoms with van der Waals surface area (Å²) in [6, 6.07) is 3.98. The fraction of sp³-hybridized carbons (Fsp3) is 0.500. The third-order valence-corrected chi connectivity index (χ3v) is 2.70. The van der Waals surface area contributed by atoms with Crippen LogP contribution in [-0.4, -0.2) is 23.6 Å². The maximum Gasteiger partial charge on any atom is 0.221 e. The van der Waals surface area contributed by atoms with Gasteiger partial charge in [-0.2, -0.15) is 0 Å². The minimum Gasteiger partial charge on any atom is -0.508 e. The Bertz CT molecular complexity index is 435. The highest BCUT2D eigenvalue weighted by molar-refractivity contribution is 5.76. The monoisotopic (exact) mass is 268 g/mol. The molecule has 0 aliphatic rings. The van der Waals surface area contributed by atoms with Crippen molar-refractivity contribution in [3.63, 3.8) is 0 Å². The second kappa shape index (κ2) is 7.09. The number of phenols is 1. The molecule has 0 aromatic heterocycles. The van der Waals surface area contributed by atoms with Crippen LogP contribution in [0.2, 0.25) is 0 Å². The zero-order valence-corrected chi connectivity index (χ0v) is 11.5. The summed E-state index contributed by atoms with van der Waals surface area (Å²) in [6.45, 7) is 6.09. The Morgan fingerprint density at radius 1 is 1.37 bits per heavy atom. The maximum absolute atomic E-state index is 13.6. The lowest BCUT2D eigenvalue weighted by molar-refractivity contribution is -0.121. The van der Waals surface area contributed by atoms with Gasteiger partial charge in [0.2, 0.25) is 5.91 Å². The van der Waals surface area contributed by atoms with Crippen LogP contribution in [0.5, 0.6) is 5.75 Å². The van der Waals surface area contributed by atoms with Gasteiger partial charge in [-0.05, 0) is 26.8 Å². The van der Waals surface area contributed by atoms with Crippen molar-refractivity contribution in [3.8, 4) is 5.75 Å². The lowest BCUT2D eigenvalue weighted by Gasteiger charge is -2.15. The van der Waals surface area contributed by atoms with Crippen LogP contribution < -0.4 is 10.6 Å². The summed E-state index contributed by atoms with van der Waals surface area (Å²) in [5, 5.41) is 15.0. The van der Waals surface area contributed by atoms with Gasteiger partial charge in [0.05, 0.1) is 0 Å². The summed E-state index contributed by atoms with van der Waals surface area (Å²) < 4.78 is 13.6. The molecule has 106 valence electrons. The highest BCUT2D eigenvalue weighted by atomic mass is 19.1. The van der Waals surface area contributed by atoms with Crippen molar-refractivity contribution in [2.75, 3.05) is 6.54 Å². The number of rotatable bonds is 6. The Kier molecular flexibility index (Phi) is 5.76. The smallest absolute Gasteiger partial charge is 0.221 e. The minimum atomic E-state index is -0.452. The third-order valence-electron chi connectivity index (χ3n) is 2.70. The van der Waals surface area contributed by atoms with E-state index in [-0.39, 0.29) is 23.7 Å². The molecule has 3 N–H and O–H groups in total. The number of nitrogens with one attached hydrogen (secondary N) is 2. The van der Waals surface area contributed by atoms with Gasteiger partial charge in [-0.25, -0.2) is 4.39 Å². The predicted octanol–water partition coefficient (Wildman–Crippen LogP) is 2.10. The number of hydrogen-bond acceptors (Lipinski definition) is 3. The number of halogens is 1. The first-order chi connectivity index (χ1) is 8.90. The molecule has 0 aliphatic heterocycles. The van der Waals surface area contributed by atoms with E-state index in [0.717, 1.165) is 6.07 Å². The zero-order chi connectivity index (χ0) is 14.4. The van der Waals surface area contributed by atoms with E-state index >= 15 is 0 Å².